The average molecular weight is 318 g/mol. The van der Waals surface area contributed by atoms with Crippen LogP contribution in [0.25, 0.3) is 0 Å². The molecule has 4 nitrogen and oxygen atoms in total. The molecule has 0 unspecified atom stereocenters. The smallest absolute Gasteiger partial charge is 0.0767 e. The number of aromatic nitrogens is 2. The highest BCUT2D eigenvalue weighted by atomic mass is 79.9. The van der Waals surface area contributed by atoms with Gasteiger partial charge in [0.25, 0.3) is 0 Å². The van der Waals surface area contributed by atoms with E-state index in [-0.39, 0.29) is 0 Å². The maximum atomic E-state index is 5.38. The lowest BCUT2D eigenvalue weighted by Crippen LogP contribution is -2.24. The Hall–Kier alpha value is -0.390. The van der Waals surface area contributed by atoms with Crippen LogP contribution >= 0.6 is 15.9 Å². The Morgan fingerprint density at radius 2 is 2.06 bits per heavy atom. The minimum Gasteiger partial charge on any atom is -0.380 e. The molecule has 1 rings (SSSR count). The number of aryl methyl sites for hydroxylation is 2. The first-order valence-electron chi connectivity index (χ1n) is 6.64. The molecular weight excluding hydrogens is 294 g/mol. The van der Waals surface area contributed by atoms with Gasteiger partial charge in [-0.2, -0.15) is 5.10 Å². The van der Waals surface area contributed by atoms with Gasteiger partial charge >= 0.3 is 0 Å². The zero-order valence-corrected chi connectivity index (χ0v) is 13.5. The molecule has 0 spiro atoms. The average Bonchev–Trinajstić information content (AvgIpc) is 2.66. The zero-order valence-electron chi connectivity index (χ0n) is 11.9. The van der Waals surface area contributed by atoms with E-state index in [0.717, 1.165) is 49.4 Å². The molecule has 0 fully saturated rings. The fourth-order valence-electron chi connectivity index (χ4n) is 1.87. The summed E-state index contributed by atoms with van der Waals surface area (Å²) in [5.74, 6) is 0. The van der Waals surface area contributed by atoms with Crippen LogP contribution in [0, 0.1) is 0 Å². The number of halogens is 1. The Labute approximate surface area is 118 Å². The Balaban J connectivity index is 2.67. The largest absolute Gasteiger partial charge is 0.380 e. The molecular formula is C13H24BrN3O. The van der Waals surface area contributed by atoms with E-state index in [9.17, 15) is 0 Å². The summed E-state index contributed by atoms with van der Waals surface area (Å²) in [6, 6.07) is 0. The number of hydrogen-bond donors (Lipinski definition) is 0. The Kier molecular flexibility index (Phi) is 6.89. The monoisotopic (exact) mass is 317 g/mol. The van der Waals surface area contributed by atoms with Crippen molar-refractivity contribution in [3.05, 3.63) is 15.9 Å². The molecule has 1 aromatic heterocycles. The highest BCUT2D eigenvalue weighted by Crippen LogP contribution is 2.23. The summed E-state index contributed by atoms with van der Waals surface area (Å²) in [5.41, 5.74) is 2.40. The molecule has 104 valence electrons. The first kappa shape index (κ1) is 15.7. The van der Waals surface area contributed by atoms with Crippen molar-refractivity contribution >= 4 is 15.9 Å². The van der Waals surface area contributed by atoms with Crippen molar-refractivity contribution in [2.75, 3.05) is 26.8 Å². The van der Waals surface area contributed by atoms with Crippen molar-refractivity contribution in [3.8, 4) is 0 Å². The Bertz CT molecular complexity index is 365. The molecule has 0 aliphatic carbocycles. The predicted octanol–water partition coefficient (Wildman–Crippen LogP) is 2.70. The van der Waals surface area contributed by atoms with E-state index < -0.39 is 0 Å². The van der Waals surface area contributed by atoms with Gasteiger partial charge in [-0.25, -0.2) is 0 Å². The molecule has 18 heavy (non-hydrogen) atoms. The lowest BCUT2D eigenvalue weighted by molar-refractivity contribution is 0.119. The van der Waals surface area contributed by atoms with Crippen molar-refractivity contribution in [3.63, 3.8) is 0 Å². The highest BCUT2D eigenvalue weighted by molar-refractivity contribution is 9.10. The number of ether oxygens (including phenoxy) is 1. The lowest BCUT2D eigenvalue weighted by atomic mass is 10.3. The standard InChI is InChI=1S/C13H24BrN3O/c1-5-11-13(14)12(17(6-2)15-11)10-16(4)8-9-18-7-3/h5-10H2,1-4H3. The van der Waals surface area contributed by atoms with E-state index >= 15 is 0 Å². The van der Waals surface area contributed by atoms with E-state index in [1.807, 2.05) is 6.92 Å². The number of hydrogen-bond acceptors (Lipinski definition) is 3. The van der Waals surface area contributed by atoms with E-state index in [4.69, 9.17) is 4.74 Å². The SMILES string of the molecule is CCOCCN(C)Cc1c(Br)c(CC)nn1CC. The second-order valence-corrected chi connectivity index (χ2v) is 5.10. The molecule has 5 heteroatoms. The minimum atomic E-state index is 0.782. The van der Waals surface area contributed by atoms with Crippen LogP contribution in [-0.2, 0) is 24.2 Å². The summed E-state index contributed by atoms with van der Waals surface area (Å²) < 4.78 is 8.62. The van der Waals surface area contributed by atoms with E-state index in [2.05, 4.69) is 51.5 Å². The van der Waals surface area contributed by atoms with E-state index in [1.54, 1.807) is 0 Å². The van der Waals surface area contributed by atoms with Crippen molar-refractivity contribution in [1.29, 1.82) is 0 Å². The number of rotatable bonds is 8. The second kappa shape index (κ2) is 7.92. The van der Waals surface area contributed by atoms with E-state index in [1.165, 1.54) is 5.69 Å². The molecule has 0 aliphatic rings. The number of likely N-dealkylation sites (N-methyl/N-ethyl adjacent to an activating group) is 1. The zero-order chi connectivity index (χ0) is 13.5. The molecule has 0 bridgehead atoms. The van der Waals surface area contributed by atoms with Gasteiger partial charge in [0.15, 0.2) is 0 Å². The van der Waals surface area contributed by atoms with Crippen molar-refractivity contribution in [2.45, 2.75) is 40.3 Å². The van der Waals surface area contributed by atoms with Crippen LogP contribution in [0.5, 0.6) is 0 Å². The maximum Gasteiger partial charge on any atom is 0.0767 e. The molecule has 0 radical (unpaired) electrons. The Morgan fingerprint density at radius 3 is 2.61 bits per heavy atom. The van der Waals surface area contributed by atoms with Gasteiger partial charge in [0.2, 0.25) is 0 Å². The van der Waals surface area contributed by atoms with Crippen molar-refractivity contribution in [1.82, 2.24) is 14.7 Å². The second-order valence-electron chi connectivity index (χ2n) is 4.31. The van der Waals surface area contributed by atoms with Gasteiger partial charge < -0.3 is 4.74 Å². The summed E-state index contributed by atoms with van der Waals surface area (Å²) in [6.07, 6.45) is 0.962. The number of nitrogens with zero attached hydrogens (tertiary/aromatic N) is 3. The van der Waals surface area contributed by atoms with Gasteiger partial charge in [0.05, 0.1) is 22.5 Å². The van der Waals surface area contributed by atoms with Crippen LogP contribution in [-0.4, -0.2) is 41.5 Å². The third-order valence-corrected chi connectivity index (χ3v) is 3.85. The molecule has 0 saturated carbocycles. The first-order chi connectivity index (χ1) is 8.63. The van der Waals surface area contributed by atoms with Crippen LogP contribution in [0.2, 0.25) is 0 Å². The van der Waals surface area contributed by atoms with Gasteiger partial charge in [0, 0.05) is 26.2 Å². The van der Waals surface area contributed by atoms with Crippen molar-refractivity contribution < 1.29 is 4.74 Å². The van der Waals surface area contributed by atoms with E-state index in [0.29, 0.717) is 0 Å². The van der Waals surface area contributed by atoms with Crippen LogP contribution in [0.4, 0.5) is 0 Å². The summed E-state index contributed by atoms with van der Waals surface area (Å²) >= 11 is 3.67. The van der Waals surface area contributed by atoms with Crippen LogP contribution < -0.4 is 0 Å². The fraction of sp³-hybridized carbons (Fsp3) is 0.769. The van der Waals surface area contributed by atoms with Gasteiger partial charge in [-0.15, -0.1) is 0 Å². The molecule has 1 heterocycles. The maximum absolute atomic E-state index is 5.38. The van der Waals surface area contributed by atoms with Gasteiger partial charge in [0.1, 0.15) is 0 Å². The lowest BCUT2D eigenvalue weighted by Gasteiger charge is -2.17. The molecule has 0 N–H and O–H groups in total. The van der Waals surface area contributed by atoms with Gasteiger partial charge in [-0.05, 0) is 43.2 Å². The van der Waals surface area contributed by atoms with Crippen molar-refractivity contribution in [2.24, 2.45) is 0 Å². The summed E-state index contributed by atoms with van der Waals surface area (Å²) in [6.45, 7) is 10.6. The van der Waals surface area contributed by atoms with Gasteiger partial charge in [-0.3, -0.25) is 9.58 Å². The molecule has 0 saturated heterocycles. The summed E-state index contributed by atoms with van der Waals surface area (Å²) in [4.78, 5) is 2.27. The van der Waals surface area contributed by atoms with Crippen LogP contribution in [0.1, 0.15) is 32.2 Å². The summed E-state index contributed by atoms with van der Waals surface area (Å²) in [7, 11) is 2.12. The third kappa shape index (κ3) is 4.07. The topological polar surface area (TPSA) is 30.3 Å². The normalized spacial score (nSPS) is 11.4. The summed E-state index contributed by atoms with van der Waals surface area (Å²) in [5, 5.41) is 4.61. The Morgan fingerprint density at radius 1 is 1.33 bits per heavy atom. The predicted molar refractivity (Wildman–Crippen MR) is 77.8 cm³/mol. The molecule has 0 aromatic carbocycles. The molecule has 0 atom stereocenters. The molecule has 0 aliphatic heterocycles. The van der Waals surface area contributed by atoms with Gasteiger partial charge in [-0.1, -0.05) is 6.92 Å². The first-order valence-corrected chi connectivity index (χ1v) is 7.43. The highest BCUT2D eigenvalue weighted by Gasteiger charge is 2.15. The molecule has 0 amide bonds. The quantitative estimate of drug-likeness (QED) is 0.691. The molecule has 1 aromatic rings. The third-order valence-electron chi connectivity index (χ3n) is 2.94. The van der Waals surface area contributed by atoms with Crippen LogP contribution in [0.15, 0.2) is 4.47 Å². The van der Waals surface area contributed by atoms with Crippen LogP contribution in [0.3, 0.4) is 0 Å². The fourth-order valence-corrected chi connectivity index (χ4v) is 2.56. The minimum absolute atomic E-state index is 0.782.